The number of benzene rings is 1. The summed E-state index contributed by atoms with van der Waals surface area (Å²) in [4.78, 5) is 22.9. The van der Waals surface area contributed by atoms with E-state index in [-0.39, 0.29) is 5.91 Å². The first-order chi connectivity index (χ1) is 12.3. The van der Waals surface area contributed by atoms with Crippen LogP contribution in [-0.2, 0) is 4.79 Å². The fourth-order valence-corrected chi connectivity index (χ4v) is 4.31. The van der Waals surface area contributed by atoms with Gasteiger partial charge in [0.2, 0.25) is 5.91 Å². The SMILES string of the molecule is O=C(CN1CCCC(c2nc3ccccc3[nH]2)C1)NC1CCCCC1. The van der Waals surface area contributed by atoms with E-state index in [4.69, 9.17) is 4.98 Å². The molecule has 1 aliphatic heterocycles. The number of rotatable bonds is 4. The molecular weight excluding hydrogens is 312 g/mol. The van der Waals surface area contributed by atoms with Crippen molar-refractivity contribution in [3.05, 3.63) is 30.1 Å². The number of hydrogen-bond donors (Lipinski definition) is 2. The molecule has 1 aromatic carbocycles. The van der Waals surface area contributed by atoms with E-state index in [0.717, 1.165) is 55.6 Å². The Labute approximate surface area is 149 Å². The molecule has 1 amide bonds. The van der Waals surface area contributed by atoms with Crippen molar-refractivity contribution in [2.45, 2.75) is 56.9 Å². The number of nitrogens with one attached hydrogen (secondary N) is 2. The molecule has 1 saturated carbocycles. The van der Waals surface area contributed by atoms with Crippen LogP contribution >= 0.6 is 0 Å². The molecule has 25 heavy (non-hydrogen) atoms. The lowest BCUT2D eigenvalue weighted by Gasteiger charge is -2.32. The van der Waals surface area contributed by atoms with Gasteiger partial charge in [-0.3, -0.25) is 9.69 Å². The van der Waals surface area contributed by atoms with Crippen molar-refractivity contribution >= 4 is 16.9 Å². The smallest absolute Gasteiger partial charge is 0.234 e. The van der Waals surface area contributed by atoms with E-state index in [1.54, 1.807) is 0 Å². The predicted octanol–water partition coefficient (Wildman–Crippen LogP) is 3.19. The largest absolute Gasteiger partial charge is 0.352 e. The van der Waals surface area contributed by atoms with E-state index in [0.29, 0.717) is 18.5 Å². The summed E-state index contributed by atoms with van der Waals surface area (Å²) in [6, 6.07) is 8.58. The number of imidazole rings is 1. The number of carbonyl (C=O) groups is 1. The number of piperidine rings is 1. The van der Waals surface area contributed by atoms with E-state index in [9.17, 15) is 4.79 Å². The first-order valence-electron chi connectivity index (χ1n) is 9.74. The molecule has 1 unspecified atom stereocenters. The van der Waals surface area contributed by atoms with Crippen LogP contribution in [0, 0.1) is 0 Å². The van der Waals surface area contributed by atoms with Gasteiger partial charge in [0.05, 0.1) is 17.6 Å². The molecule has 0 spiro atoms. The molecule has 2 fully saturated rings. The summed E-state index contributed by atoms with van der Waals surface area (Å²) >= 11 is 0. The highest BCUT2D eigenvalue weighted by Crippen LogP contribution is 2.26. The number of nitrogens with zero attached hydrogens (tertiary/aromatic N) is 2. The third kappa shape index (κ3) is 4.03. The Kier molecular flexibility index (Phi) is 5.02. The third-order valence-electron chi connectivity index (χ3n) is 5.64. The highest BCUT2D eigenvalue weighted by atomic mass is 16.2. The average molecular weight is 340 g/mol. The van der Waals surface area contributed by atoms with Crippen molar-refractivity contribution in [2.75, 3.05) is 19.6 Å². The standard InChI is InChI=1S/C20H28N4O/c25-19(21-16-8-2-1-3-9-16)14-24-12-6-7-15(13-24)20-22-17-10-4-5-11-18(17)23-20/h4-5,10-11,15-16H,1-3,6-9,12-14H2,(H,21,25)(H,22,23). The van der Waals surface area contributed by atoms with Crippen LogP contribution in [0.5, 0.6) is 0 Å². The van der Waals surface area contributed by atoms with Gasteiger partial charge < -0.3 is 10.3 Å². The Hall–Kier alpha value is -1.88. The summed E-state index contributed by atoms with van der Waals surface area (Å²) in [6.45, 7) is 2.44. The van der Waals surface area contributed by atoms with Gasteiger partial charge in [-0.2, -0.15) is 0 Å². The summed E-state index contributed by atoms with van der Waals surface area (Å²) < 4.78 is 0. The Balaban J connectivity index is 1.34. The topological polar surface area (TPSA) is 61.0 Å². The summed E-state index contributed by atoms with van der Waals surface area (Å²) in [7, 11) is 0. The first kappa shape index (κ1) is 16.6. The van der Waals surface area contributed by atoms with Gasteiger partial charge in [0, 0.05) is 18.5 Å². The molecule has 2 aromatic rings. The second kappa shape index (κ2) is 7.56. The summed E-state index contributed by atoms with van der Waals surface area (Å²) in [6.07, 6.45) is 8.38. The Bertz CT molecular complexity index is 686. The van der Waals surface area contributed by atoms with Crippen molar-refractivity contribution in [3.8, 4) is 0 Å². The van der Waals surface area contributed by atoms with Crippen molar-refractivity contribution in [1.29, 1.82) is 0 Å². The minimum Gasteiger partial charge on any atom is -0.352 e. The summed E-state index contributed by atoms with van der Waals surface area (Å²) in [5.74, 6) is 1.65. The van der Waals surface area contributed by atoms with Crippen LogP contribution in [0.2, 0.25) is 0 Å². The molecule has 2 aliphatic rings. The second-order valence-electron chi connectivity index (χ2n) is 7.62. The van der Waals surface area contributed by atoms with Crippen LogP contribution in [0.25, 0.3) is 11.0 Å². The fraction of sp³-hybridized carbons (Fsp3) is 0.600. The molecule has 1 aliphatic carbocycles. The van der Waals surface area contributed by atoms with Gasteiger partial charge in [0.25, 0.3) is 0 Å². The van der Waals surface area contributed by atoms with Crippen molar-refractivity contribution in [1.82, 2.24) is 20.2 Å². The number of aromatic nitrogens is 2. The lowest BCUT2D eigenvalue weighted by Crippen LogP contribution is -2.45. The van der Waals surface area contributed by atoms with Gasteiger partial charge in [-0.25, -0.2) is 4.98 Å². The maximum atomic E-state index is 12.4. The highest BCUT2D eigenvalue weighted by Gasteiger charge is 2.25. The maximum Gasteiger partial charge on any atom is 0.234 e. The van der Waals surface area contributed by atoms with Crippen molar-refractivity contribution in [2.24, 2.45) is 0 Å². The van der Waals surface area contributed by atoms with E-state index in [2.05, 4.69) is 21.3 Å². The molecule has 4 rings (SSSR count). The Morgan fingerprint density at radius 2 is 2.00 bits per heavy atom. The lowest BCUT2D eigenvalue weighted by molar-refractivity contribution is -0.123. The van der Waals surface area contributed by atoms with Crippen molar-refractivity contribution in [3.63, 3.8) is 0 Å². The van der Waals surface area contributed by atoms with E-state index in [1.807, 2.05) is 18.2 Å². The first-order valence-corrected chi connectivity index (χ1v) is 9.74. The Morgan fingerprint density at radius 3 is 2.84 bits per heavy atom. The number of H-pyrrole nitrogens is 1. The van der Waals surface area contributed by atoms with Crippen LogP contribution in [0.4, 0.5) is 0 Å². The van der Waals surface area contributed by atoms with Gasteiger partial charge in [-0.15, -0.1) is 0 Å². The summed E-state index contributed by atoms with van der Waals surface area (Å²) in [5.41, 5.74) is 2.13. The molecule has 2 heterocycles. The number of fused-ring (bicyclic) bond motifs is 1. The second-order valence-corrected chi connectivity index (χ2v) is 7.62. The van der Waals surface area contributed by atoms with Crippen LogP contribution in [0.3, 0.4) is 0 Å². The van der Waals surface area contributed by atoms with Gasteiger partial charge in [-0.05, 0) is 44.4 Å². The molecule has 0 radical (unpaired) electrons. The zero-order valence-corrected chi connectivity index (χ0v) is 14.8. The van der Waals surface area contributed by atoms with E-state index in [1.165, 1.54) is 19.3 Å². The van der Waals surface area contributed by atoms with E-state index >= 15 is 0 Å². The highest BCUT2D eigenvalue weighted by molar-refractivity contribution is 5.78. The molecular formula is C20H28N4O. The average Bonchev–Trinajstić information content (AvgIpc) is 3.07. The van der Waals surface area contributed by atoms with Crippen LogP contribution in [0.1, 0.15) is 56.7 Å². The van der Waals surface area contributed by atoms with Gasteiger partial charge in [0.1, 0.15) is 5.82 Å². The molecule has 1 saturated heterocycles. The number of hydrogen-bond acceptors (Lipinski definition) is 3. The molecule has 2 N–H and O–H groups in total. The summed E-state index contributed by atoms with van der Waals surface area (Å²) in [5, 5.41) is 3.24. The minimum atomic E-state index is 0.192. The molecule has 5 heteroatoms. The zero-order chi connectivity index (χ0) is 17.1. The quantitative estimate of drug-likeness (QED) is 0.898. The monoisotopic (exact) mass is 340 g/mol. The molecule has 1 aromatic heterocycles. The van der Waals surface area contributed by atoms with Gasteiger partial charge in [-0.1, -0.05) is 31.4 Å². The maximum absolute atomic E-state index is 12.4. The molecule has 0 bridgehead atoms. The molecule has 134 valence electrons. The third-order valence-corrected chi connectivity index (χ3v) is 5.64. The van der Waals surface area contributed by atoms with Crippen LogP contribution in [0.15, 0.2) is 24.3 Å². The number of aromatic amines is 1. The van der Waals surface area contributed by atoms with Gasteiger partial charge >= 0.3 is 0 Å². The fourth-order valence-electron chi connectivity index (χ4n) is 4.31. The minimum absolute atomic E-state index is 0.192. The molecule has 5 nitrogen and oxygen atoms in total. The number of likely N-dealkylation sites (tertiary alicyclic amines) is 1. The lowest BCUT2D eigenvalue weighted by atomic mass is 9.95. The predicted molar refractivity (Wildman–Crippen MR) is 99.5 cm³/mol. The van der Waals surface area contributed by atoms with Crippen LogP contribution in [-0.4, -0.2) is 46.5 Å². The van der Waals surface area contributed by atoms with Gasteiger partial charge in [0.15, 0.2) is 0 Å². The number of para-hydroxylation sites is 2. The number of amides is 1. The van der Waals surface area contributed by atoms with E-state index < -0.39 is 0 Å². The van der Waals surface area contributed by atoms with Crippen LogP contribution < -0.4 is 5.32 Å². The Morgan fingerprint density at radius 1 is 1.16 bits per heavy atom. The number of carbonyl (C=O) groups excluding carboxylic acids is 1. The zero-order valence-electron chi connectivity index (χ0n) is 14.8. The molecule has 1 atom stereocenters. The normalized spacial score (nSPS) is 23.0. The van der Waals surface area contributed by atoms with Crippen molar-refractivity contribution < 1.29 is 4.79 Å².